The van der Waals surface area contributed by atoms with E-state index in [1.807, 2.05) is 77.0 Å². The monoisotopic (exact) mass is 421 g/mol. The smallest absolute Gasteiger partial charge is 0.264 e. The van der Waals surface area contributed by atoms with E-state index in [0.717, 1.165) is 21.6 Å². The van der Waals surface area contributed by atoms with E-state index in [2.05, 4.69) is 5.10 Å². The predicted molar refractivity (Wildman–Crippen MR) is 117 cm³/mol. The van der Waals surface area contributed by atoms with Gasteiger partial charge in [-0.25, -0.2) is 0 Å². The van der Waals surface area contributed by atoms with Gasteiger partial charge in [-0.2, -0.15) is 5.10 Å². The Morgan fingerprint density at radius 1 is 0.966 bits per heavy atom. The molecule has 4 nitrogen and oxygen atoms in total. The fraction of sp³-hybridized carbons (Fsp3) is 0.130. The van der Waals surface area contributed by atoms with Crippen LogP contribution in [0, 0.1) is 0 Å². The van der Waals surface area contributed by atoms with Gasteiger partial charge in [0.05, 0.1) is 22.6 Å². The molecule has 2 aromatic heterocycles. The second-order valence-corrected chi connectivity index (χ2v) is 8.16. The predicted octanol–water partition coefficient (Wildman–Crippen LogP) is 5.49. The molecule has 4 rings (SSSR count). The van der Waals surface area contributed by atoms with E-state index in [1.165, 1.54) is 11.3 Å². The number of carbonyl (C=O) groups is 1. The molecule has 2 aromatic carbocycles. The minimum Gasteiger partial charge on any atom is -0.329 e. The summed E-state index contributed by atoms with van der Waals surface area (Å²) in [6, 6.07) is 22.1. The molecule has 0 aliphatic carbocycles. The summed E-state index contributed by atoms with van der Waals surface area (Å²) in [5.41, 5.74) is 3.26. The molecule has 6 heteroatoms. The lowest BCUT2D eigenvalue weighted by molar-refractivity contribution is 0.0735. The molecule has 2 heterocycles. The lowest BCUT2D eigenvalue weighted by atomic mass is 10.1. The molecule has 0 saturated heterocycles. The normalized spacial score (nSPS) is 10.8. The van der Waals surface area contributed by atoms with Crippen LogP contribution in [0.15, 0.2) is 84.5 Å². The average molecular weight is 422 g/mol. The number of benzene rings is 2. The Labute approximate surface area is 179 Å². The molecule has 0 spiro atoms. The molecule has 1 amide bonds. The number of hydrogen-bond donors (Lipinski definition) is 0. The SMILES string of the molecule is O=C(c1cc(Cn2cc(Cl)cn2)cs1)N(Cc1ccccc1)Cc1ccccc1. The van der Waals surface area contributed by atoms with Crippen molar-refractivity contribution in [3.63, 3.8) is 0 Å². The first-order valence-corrected chi connectivity index (χ1v) is 10.6. The van der Waals surface area contributed by atoms with Crippen molar-refractivity contribution in [2.75, 3.05) is 0 Å². The van der Waals surface area contributed by atoms with E-state index in [0.29, 0.717) is 24.7 Å². The lowest BCUT2D eigenvalue weighted by Gasteiger charge is -2.22. The second-order valence-electron chi connectivity index (χ2n) is 6.81. The molecule has 0 aliphatic heterocycles. The van der Waals surface area contributed by atoms with Crippen molar-refractivity contribution in [1.82, 2.24) is 14.7 Å². The molecule has 0 aliphatic rings. The zero-order valence-corrected chi connectivity index (χ0v) is 17.3. The van der Waals surface area contributed by atoms with Gasteiger partial charge in [0.2, 0.25) is 0 Å². The molecule has 4 aromatic rings. The van der Waals surface area contributed by atoms with Gasteiger partial charge in [0.25, 0.3) is 5.91 Å². The second kappa shape index (κ2) is 9.07. The Hall–Kier alpha value is -2.89. The van der Waals surface area contributed by atoms with Crippen LogP contribution in [0.5, 0.6) is 0 Å². The highest BCUT2D eigenvalue weighted by Gasteiger charge is 2.19. The Balaban J connectivity index is 1.54. The van der Waals surface area contributed by atoms with Crippen LogP contribution in [0.3, 0.4) is 0 Å². The largest absolute Gasteiger partial charge is 0.329 e. The van der Waals surface area contributed by atoms with Gasteiger partial charge in [0.15, 0.2) is 0 Å². The number of nitrogens with zero attached hydrogens (tertiary/aromatic N) is 3. The van der Waals surface area contributed by atoms with Gasteiger partial charge in [-0.15, -0.1) is 11.3 Å². The summed E-state index contributed by atoms with van der Waals surface area (Å²) in [5, 5.41) is 6.82. The highest BCUT2D eigenvalue weighted by molar-refractivity contribution is 7.12. The number of hydrogen-bond acceptors (Lipinski definition) is 3. The van der Waals surface area contributed by atoms with E-state index in [1.54, 1.807) is 17.1 Å². The van der Waals surface area contributed by atoms with Crippen molar-refractivity contribution in [2.24, 2.45) is 0 Å². The molecule has 0 radical (unpaired) electrons. The van der Waals surface area contributed by atoms with Crippen LogP contribution in [0.4, 0.5) is 0 Å². The summed E-state index contributed by atoms with van der Waals surface area (Å²) in [4.78, 5) is 15.9. The van der Waals surface area contributed by atoms with Crippen LogP contribution in [-0.2, 0) is 19.6 Å². The summed E-state index contributed by atoms with van der Waals surface area (Å²) in [6.45, 7) is 1.72. The van der Waals surface area contributed by atoms with Crippen LogP contribution in [0.25, 0.3) is 0 Å². The molecule has 0 N–H and O–H groups in total. The van der Waals surface area contributed by atoms with Gasteiger partial charge in [-0.3, -0.25) is 9.48 Å². The van der Waals surface area contributed by atoms with Gasteiger partial charge < -0.3 is 4.90 Å². The summed E-state index contributed by atoms with van der Waals surface area (Å²) < 4.78 is 1.77. The van der Waals surface area contributed by atoms with Crippen molar-refractivity contribution >= 4 is 28.8 Å². The third-order valence-corrected chi connectivity index (χ3v) is 5.69. The zero-order valence-electron chi connectivity index (χ0n) is 15.7. The lowest BCUT2D eigenvalue weighted by Crippen LogP contribution is -2.29. The van der Waals surface area contributed by atoms with Gasteiger partial charge in [-0.05, 0) is 28.1 Å². The first-order chi connectivity index (χ1) is 14.2. The molecule has 0 atom stereocenters. The summed E-state index contributed by atoms with van der Waals surface area (Å²) in [7, 11) is 0. The third kappa shape index (κ3) is 5.13. The zero-order chi connectivity index (χ0) is 20.1. The van der Waals surface area contributed by atoms with Crippen molar-refractivity contribution in [3.8, 4) is 0 Å². The van der Waals surface area contributed by atoms with Crippen LogP contribution in [0.2, 0.25) is 5.02 Å². The molecule has 146 valence electrons. The molecule has 0 fully saturated rings. The maximum atomic E-state index is 13.3. The van der Waals surface area contributed by atoms with E-state index in [4.69, 9.17) is 11.6 Å². The van der Waals surface area contributed by atoms with E-state index in [-0.39, 0.29) is 5.91 Å². The van der Waals surface area contributed by atoms with Crippen LogP contribution in [0.1, 0.15) is 26.4 Å². The summed E-state index contributed by atoms with van der Waals surface area (Å²) >= 11 is 7.40. The molecule has 0 unspecified atom stereocenters. The fourth-order valence-electron chi connectivity index (χ4n) is 3.15. The number of carbonyl (C=O) groups excluding carboxylic acids is 1. The van der Waals surface area contributed by atoms with E-state index >= 15 is 0 Å². The first-order valence-electron chi connectivity index (χ1n) is 9.30. The molecular weight excluding hydrogens is 402 g/mol. The van der Waals surface area contributed by atoms with Gasteiger partial charge >= 0.3 is 0 Å². The maximum Gasteiger partial charge on any atom is 0.264 e. The van der Waals surface area contributed by atoms with Gasteiger partial charge in [0, 0.05) is 19.3 Å². The van der Waals surface area contributed by atoms with E-state index < -0.39 is 0 Å². The molecular formula is C23H20ClN3OS. The average Bonchev–Trinajstić information content (AvgIpc) is 3.38. The van der Waals surface area contributed by atoms with Crippen molar-refractivity contribution in [2.45, 2.75) is 19.6 Å². The molecule has 29 heavy (non-hydrogen) atoms. The highest BCUT2D eigenvalue weighted by atomic mass is 35.5. The Morgan fingerprint density at radius 2 is 1.59 bits per heavy atom. The maximum absolute atomic E-state index is 13.3. The summed E-state index contributed by atoms with van der Waals surface area (Å²) in [5.74, 6) is 0.0347. The molecule has 0 saturated carbocycles. The number of aromatic nitrogens is 2. The topological polar surface area (TPSA) is 38.1 Å². The van der Waals surface area contributed by atoms with E-state index in [9.17, 15) is 4.79 Å². The van der Waals surface area contributed by atoms with Crippen LogP contribution >= 0.6 is 22.9 Å². The van der Waals surface area contributed by atoms with Gasteiger partial charge in [-0.1, -0.05) is 72.3 Å². The first kappa shape index (κ1) is 19.4. The Kier molecular flexibility index (Phi) is 6.08. The molecule has 0 bridgehead atoms. The number of thiophene rings is 1. The van der Waals surface area contributed by atoms with Crippen LogP contribution < -0.4 is 0 Å². The third-order valence-electron chi connectivity index (χ3n) is 4.53. The highest BCUT2D eigenvalue weighted by Crippen LogP contribution is 2.21. The van der Waals surface area contributed by atoms with Crippen LogP contribution in [-0.4, -0.2) is 20.6 Å². The van der Waals surface area contributed by atoms with Crippen molar-refractivity contribution in [3.05, 3.63) is 111 Å². The standard InChI is InChI=1S/C23H20ClN3OS/c24-21-12-25-27(16-21)15-20-11-22(29-17-20)23(28)26(13-18-7-3-1-4-8-18)14-19-9-5-2-6-10-19/h1-12,16-17H,13-15H2. The minimum atomic E-state index is 0.0347. The quantitative estimate of drug-likeness (QED) is 0.395. The number of halogens is 1. The fourth-order valence-corrected chi connectivity index (χ4v) is 4.17. The van der Waals surface area contributed by atoms with Gasteiger partial charge in [0.1, 0.15) is 0 Å². The number of rotatable bonds is 7. The minimum absolute atomic E-state index is 0.0347. The Morgan fingerprint density at radius 3 is 2.14 bits per heavy atom. The summed E-state index contributed by atoms with van der Waals surface area (Å²) in [6.07, 6.45) is 3.39. The van der Waals surface area contributed by atoms with Crippen molar-refractivity contribution in [1.29, 1.82) is 0 Å². The number of amides is 1. The van der Waals surface area contributed by atoms with Crippen molar-refractivity contribution < 1.29 is 4.79 Å². The Bertz CT molecular complexity index is 1030.